The first kappa shape index (κ1) is 29.3. The van der Waals surface area contributed by atoms with Gasteiger partial charge in [0.2, 0.25) is 0 Å². The Labute approximate surface area is 227 Å². The van der Waals surface area contributed by atoms with Crippen molar-refractivity contribution in [1.82, 2.24) is 14.8 Å². The standard InChI is InChI=1S/C27H31F5N4O2S/c1-15-12-22(39-26(28)29)20(24(37)34-15)13-33-25(38)23-17(3)36(21-7-5-4-6-19(21)23)16(2)18-8-10-35(11-9-18)14-27(30,31)32/h4-7,12,16,18,20,26H,8-11,13-14H2,1-3H3,(H,33,38)/t16-,20?/m1/s1. The highest BCUT2D eigenvalue weighted by Gasteiger charge is 2.35. The number of halogens is 5. The van der Waals surface area contributed by atoms with Crippen LogP contribution in [-0.4, -0.2) is 65.1 Å². The van der Waals surface area contributed by atoms with Gasteiger partial charge >= 0.3 is 6.18 Å². The van der Waals surface area contributed by atoms with E-state index < -0.39 is 36.2 Å². The Morgan fingerprint density at radius 3 is 2.49 bits per heavy atom. The maximum absolute atomic E-state index is 13.5. The lowest BCUT2D eigenvalue weighted by Gasteiger charge is -2.36. The van der Waals surface area contributed by atoms with Gasteiger partial charge in [0, 0.05) is 39.8 Å². The van der Waals surface area contributed by atoms with Crippen LogP contribution in [0.3, 0.4) is 0 Å². The van der Waals surface area contributed by atoms with Gasteiger partial charge in [0.05, 0.1) is 18.0 Å². The molecular weight excluding hydrogens is 539 g/mol. The lowest BCUT2D eigenvalue weighted by Crippen LogP contribution is -2.41. The highest BCUT2D eigenvalue weighted by Crippen LogP contribution is 2.37. The zero-order chi connectivity index (χ0) is 28.5. The third-order valence-corrected chi connectivity index (χ3v) is 8.33. The Hall–Kier alpha value is -2.73. The normalized spacial score (nSPS) is 20.3. The summed E-state index contributed by atoms with van der Waals surface area (Å²) in [7, 11) is 0. The van der Waals surface area contributed by atoms with E-state index in [1.165, 1.54) is 11.0 Å². The van der Waals surface area contributed by atoms with Gasteiger partial charge in [0.1, 0.15) is 0 Å². The minimum absolute atomic E-state index is 0.0706. The van der Waals surface area contributed by atoms with Crippen molar-refractivity contribution in [2.45, 2.75) is 51.6 Å². The van der Waals surface area contributed by atoms with Crippen LogP contribution in [0.2, 0.25) is 0 Å². The van der Waals surface area contributed by atoms with Crippen LogP contribution in [0.25, 0.3) is 10.9 Å². The Morgan fingerprint density at radius 1 is 1.18 bits per heavy atom. The van der Waals surface area contributed by atoms with E-state index in [1.54, 1.807) is 6.92 Å². The SMILES string of the molecule is CC1=NC(=O)C(CNC(=O)c2c(C)n([C@H](C)C3CCN(CC(F)(F)F)CC3)c3ccccc23)C(SC(F)F)=C1. The van der Waals surface area contributed by atoms with E-state index in [2.05, 4.69) is 14.9 Å². The molecule has 1 fully saturated rings. The number of aliphatic imine (C=N–C) groups is 1. The summed E-state index contributed by atoms with van der Waals surface area (Å²) in [5.41, 5.74) is 2.28. The number of fused-ring (bicyclic) bond motifs is 1. The molecule has 0 saturated carbocycles. The smallest absolute Gasteiger partial charge is 0.351 e. The average Bonchev–Trinajstić information content (AvgIpc) is 3.13. The number of rotatable bonds is 8. The molecule has 2 amide bonds. The fourth-order valence-corrected chi connectivity index (χ4v) is 6.46. The van der Waals surface area contributed by atoms with Gasteiger partial charge in [-0.25, -0.2) is 4.99 Å². The number of amides is 2. The van der Waals surface area contributed by atoms with Crippen LogP contribution < -0.4 is 5.32 Å². The molecule has 1 N–H and O–H groups in total. The number of aromatic nitrogens is 1. The van der Waals surface area contributed by atoms with Crippen LogP contribution >= 0.6 is 11.8 Å². The number of dihydropyridines is 1. The van der Waals surface area contributed by atoms with Crippen LogP contribution in [0.5, 0.6) is 0 Å². The summed E-state index contributed by atoms with van der Waals surface area (Å²) in [4.78, 5) is 31.4. The van der Waals surface area contributed by atoms with Crippen LogP contribution in [0.4, 0.5) is 22.0 Å². The van der Waals surface area contributed by atoms with E-state index in [1.807, 2.05) is 38.1 Å². The first-order valence-corrected chi connectivity index (χ1v) is 13.7. The van der Waals surface area contributed by atoms with E-state index in [0.29, 0.717) is 48.3 Å². The van der Waals surface area contributed by atoms with Gasteiger partial charge in [-0.3, -0.25) is 14.5 Å². The van der Waals surface area contributed by atoms with Crippen LogP contribution in [0.15, 0.2) is 40.2 Å². The van der Waals surface area contributed by atoms with E-state index in [-0.39, 0.29) is 35.2 Å². The van der Waals surface area contributed by atoms with Crippen LogP contribution in [0.1, 0.15) is 48.8 Å². The van der Waals surface area contributed by atoms with E-state index in [9.17, 15) is 31.5 Å². The number of hydrogen-bond donors (Lipinski definition) is 1. The number of alkyl halides is 5. The predicted octanol–water partition coefficient (Wildman–Crippen LogP) is 5.97. The summed E-state index contributed by atoms with van der Waals surface area (Å²) < 4.78 is 66.7. The molecule has 1 saturated heterocycles. The highest BCUT2D eigenvalue weighted by molar-refractivity contribution is 8.03. The minimum Gasteiger partial charge on any atom is -0.351 e. The molecule has 212 valence electrons. The number of piperidine rings is 1. The van der Waals surface area contributed by atoms with Gasteiger partial charge in [0.25, 0.3) is 17.6 Å². The third-order valence-electron chi connectivity index (χ3n) is 7.48. The topological polar surface area (TPSA) is 66.7 Å². The van der Waals surface area contributed by atoms with Gasteiger partial charge in [-0.15, -0.1) is 0 Å². The maximum atomic E-state index is 13.5. The van der Waals surface area contributed by atoms with Crippen molar-refractivity contribution < 1.29 is 31.5 Å². The maximum Gasteiger partial charge on any atom is 0.401 e. The van der Waals surface area contributed by atoms with Gasteiger partial charge in [0.15, 0.2) is 0 Å². The van der Waals surface area contributed by atoms with Crippen LogP contribution in [0, 0.1) is 18.8 Å². The molecule has 0 radical (unpaired) electrons. The molecule has 1 aromatic heterocycles. The van der Waals surface area contributed by atoms with Crippen molar-refractivity contribution in [2.24, 2.45) is 16.8 Å². The van der Waals surface area contributed by atoms with Gasteiger partial charge in [-0.2, -0.15) is 22.0 Å². The number of carbonyl (C=O) groups excluding carboxylic acids is 2. The van der Waals surface area contributed by atoms with Crippen molar-refractivity contribution >= 4 is 40.2 Å². The molecule has 2 aromatic rings. The number of allylic oxidation sites excluding steroid dienone is 1. The molecule has 2 aliphatic rings. The first-order valence-electron chi connectivity index (χ1n) is 12.8. The second kappa shape index (κ2) is 11.8. The van der Waals surface area contributed by atoms with Crippen molar-refractivity contribution in [3.63, 3.8) is 0 Å². The van der Waals surface area contributed by atoms with Gasteiger partial charge in [-0.1, -0.05) is 30.0 Å². The molecule has 39 heavy (non-hydrogen) atoms. The number of nitrogens with one attached hydrogen (secondary N) is 1. The van der Waals surface area contributed by atoms with Gasteiger partial charge in [-0.05, 0) is 64.8 Å². The van der Waals surface area contributed by atoms with E-state index in [4.69, 9.17) is 0 Å². The zero-order valence-corrected chi connectivity index (χ0v) is 22.7. The Bertz CT molecular complexity index is 1300. The quantitative estimate of drug-likeness (QED) is 0.397. The average molecular weight is 571 g/mol. The fraction of sp³-hybridized carbons (Fsp3) is 0.519. The third kappa shape index (κ3) is 6.71. The molecule has 0 aliphatic carbocycles. The summed E-state index contributed by atoms with van der Waals surface area (Å²) in [5, 5.41) is 3.46. The van der Waals surface area contributed by atoms with Crippen molar-refractivity contribution in [2.75, 3.05) is 26.2 Å². The molecular formula is C27H31F5N4O2S. The second-order valence-electron chi connectivity index (χ2n) is 10.1. The molecule has 1 aromatic carbocycles. The van der Waals surface area contributed by atoms with Crippen molar-refractivity contribution in [3.8, 4) is 0 Å². The molecule has 12 heteroatoms. The molecule has 6 nitrogen and oxygen atoms in total. The van der Waals surface area contributed by atoms with Crippen molar-refractivity contribution in [1.29, 1.82) is 0 Å². The van der Waals surface area contributed by atoms with E-state index >= 15 is 0 Å². The predicted molar refractivity (Wildman–Crippen MR) is 142 cm³/mol. The molecule has 0 bridgehead atoms. The summed E-state index contributed by atoms with van der Waals surface area (Å²) >= 11 is 0.276. The first-order chi connectivity index (χ1) is 18.4. The van der Waals surface area contributed by atoms with Crippen molar-refractivity contribution in [3.05, 3.63) is 46.5 Å². The number of para-hydroxylation sites is 1. The number of benzene rings is 1. The fourth-order valence-electron chi connectivity index (χ4n) is 5.66. The molecule has 1 unspecified atom stereocenters. The summed E-state index contributed by atoms with van der Waals surface area (Å²) in [5.74, 6) is -4.60. The Kier molecular flexibility index (Phi) is 8.85. The second-order valence-corrected chi connectivity index (χ2v) is 11.2. The summed E-state index contributed by atoms with van der Waals surface area (Å²) in [6.07, 6.45) is -1.58. The monoisotopic (exact) mass is 570 g/mol. The Morgan fingerprint density at radius 2 is 1.85 bits per heavy atom. The largest absolute Gasteiger partial charge is 0.401 e. The molecule has 2 atom stereocenters. The number of thioether (sulfide) groups is 1. The molecule has 4 rings (SSSR count). The van der Waals surface area contributed by atoms with E-state index in [0.717, 1.165) is 5.52 Å². The molecule has 0 spiro atoms. The lowest BCUT2D eigenvalue weighted by molar-refractivity contribution is -0.149. The number of nitrogens with zero attached hydrogens (tertiary/aromatic N) is 3. The summed E-state index contributed by atoms with van der Waals surface area (Å²) in [6.45, 7) is 5.01. The molecule has 2 aliphatic heterocycles. The minimum atomic E-state index is -4.23. The number of likely N-dealkylation sites (tertiary alicyclic amines) is 1. The Balaban J connectivity index is 1.54. The zero-order valence-electron chi connectivity index (χ0n) is 21.9. The number of hydrogen-bond acceptors (Lipinski definition) is 4. The summed E-state index contributed by atoms with van der Waals surface area (Å²) in [6, 6.07) is 7.32. The van der Waals surface area contributed by atoms with Crippen LogP contribution in [-0.2, 0) is 4.79 Å². The van der Waals surface area contributed by atoms with Gasteiger partial charge < -0.3 is 9.88 Å². The lowest BCUT2D eigenvalue weighted by atomic mass is 9.90. The highest BCUT2D eigenvalue weighted by atomic mass is 32.2. The number of carbonyl (C=O) groups is 2. The molecule has 3 heterocycles.